The number of para-hydroxylation sites is 6. The molecule has 86 heavy (non-hydrogen) atoms. The molecular formula is C79H65B2N5. The van der Waals surface area contributed by atoms with E-state index in [0.717, 1.165) is 17.5 Å². The van der Waals surface area contributed by atoms with Crippen LogP contribution in [0, 0.1) is 11.8 Å². The van der Waals surface area contributed by atoms with E-state index in [9.17, 15) is 0 Å². The molecule has 2 saturated heterocycles. The van der Waals surface area contributed by atoms with Crippen LogP contribution in [-0.2, 0) is 5.41 Å². The second kappa shape index (κ2) is 19.0. The minimum Gasteiger partial charge on any atom is -0.365 e. The van der Waals surface area contributed by atoms with Gasteiger partial charge in [0.2, 0.25) is 0 Å². The Labute approximate surface area is 506 Å². The fraction of sp³-hybridized carbons (Fsp3) is 0.165. The molecule has 0 unspecified atom stereocenters. The van der Waals surface area contributed by atoms with Crippen molar-refractivity contribution in [3.8, 4) is 22.3 Å². The van der Waals surface area contributed by atoms with Crippen LogP contribution in [-0.4, -0.2) is 25.5 Å². The SMILES string of the molecule is CC(C)(C)c1cc2c3c(c1)N(c1c(-c4ccccc4)cccc1-c1ccccc1)c1ccccc1B3c1cc3c(cc1N2c1ccccc1)N(c1ccccc1)c1cc(N2C4CC5CC(C4)CC2C5)cc2c1B3c1ccccc1N2c1ccccc1. The minimum absolute atomic E-state index is 0.0604. The van der Waals surface area contributed by atoms with Gasteiger partial charge < -0.3 is 24.5 Å². The van der Waals surface area contributed by atoms with Gasteiger partial charge in [0.25, 0.3) is 13.4 Å². The van der Waals surface area contributed by atoms with Gasteiger partial charge in [0, 0.05) is 91.5 Å². The molecular weight excluding hydrogens is 1040 g/mol. The summed E-state index contributed by atoms with van der Waals surface area (Å²) in [4.78, 5) is 13.5. The van der Waals surface area contributed by atoms with Gasteiger partial charge in [-0.05, 0) is 178 Å². The molecule has 8 aliphatic rings. The number of piperidine rings is 2. The highest BCUT2D eigenvalue weighted by Gasteiger charge is 2.51. The van der Waals surface area contributed by atoms with Crippen molar-refractivity contribution in [1.29, 1.82) is 0 Å². The van der Waals surface area contributed by atoms with E-state index >= 15 is 0 Å². The summed E-state index contributed by atoms with van der Waals surface area (Å²) in [5.41, 5.74) is 29.7. The van der Waals surface area contributed by atoms with Crippen LogP contribution in [0.15, 0.2) is 255 Å². The summed E-state index contributed by atoms with van der Waals surface area (Å²) < 4.78 is 0. The Morgan fingerprint density at radius 2 is 0.698 bits per heavy atom. The van der Waals surface area contributed by atoms with Crippen LogP contribution in [0.1, 0.15) is 58.4 Å². The van der Waals surface area contributed by atoms with Gasteiger partial charge in [-0.1, -0.05) is 197 Å². The fourth-order valence-corrected chi connectivity index (χ4v) is 17.2. The van der Waals surface area contributed by atoms with Crippen molar-refractivity contribution in [2.24, 2.45) is 11.8 Å². The summed E-state index contributed by atoms with van der Waals surface area (Å²) in [6.45, 7) is 6.97. The Morgan fingerprint density at radius 1 is 0.314 bits per heavy atom. The monoisotopic (exact) mass is 1110 g/mol. The second-order valence-electron chi connectivity index (χ2n) is 26.4. The lowest BCUT2D eigenvalue weighted by molar-refractivity contribution is 0.0900. The van der Waals surface area contributed by atoms with E-state index in [0.29, 0.717) is 12.1 Å². The Bertz CT molecular complexity index is 4420. The maximum atomic E-state index is 2.91. The zero-order valence-electron chi connectivity index (χ0n) is 49.0. The summed E-state index contributed by atoms with van der Waals surface area (Å²) in [7, 11) is 0. The van der Waals surface area contributed by atoms with Crippen molar-refractivity contribution >= 4 is 120 Å². The van der Waals surface area contributed by atoms with E-state index in [1.165, 1.54) is 161 Å². The molecule has 412 valence electrons. The normalized spacial score (nSPS) is 18.9. The standard InChI is InChI=1S/C79H65B2N5/c1-79(2,3)55-45-72-76-73(46-55)86(78-62(53-24-9-4-10-25-53)34-23-35-63(78)54-26-11-5-12-27-54)69-39-22-20-37-65(69)81(76)66-49-67-71(50-70(66)84(72)57-30-15-7-16-31-57)85(58-32-17-8-18-33-58)75-48-61(82-59-41-51-40-52(43-59)44-60(82)42-51)47-74-77(75)80(67)64-36-19-21-38-68(64)83(74)56-28-13-6-14-29-56/h4-39,45-52,59-60H,40-44H2,1-3H3. The van der Waals surface area contributed by atoms with Crippen LogP contribution in [0.5, 0.6) is 0 Å². The quantitative estimate of drug-likeness (QED) is 0.147. The van der Waals surface area contributed by atoms with E-state index in [2.05, 4.69) is 300 Å². The molecule has 4 fully saturated rings. The Morgan fingerprint density at radius 3 is 1.15 bits per heavy atom. The summed E-state index contributed by atoms with van der Waals surface area (Å²) in [6, 6.07) is 98.2. The van der Waals surface area contributed by atoms with Gasteiger partial charge >= 0.3 is 0 Å². The van der Waals surface area contributed by atoms with Crippen molar-refractivity contribution < 1.29 is 0 Å². The first kappa shape index (κ1) is 49.9. The lowest BCUT2D eigenvalue weighted by Crippen LogP contribution is -2.65. The molecule has 19 rings (SSSR count). The number of anilines is 13. The van der Waals surface area contributed by atoms with Gasteiger partial charge in [-0.15, -0.1) is 0 Å². The molecule has 0 atom stereocenters. The van der Waals surface area contributed by atoms with Gasteiger partial charge in [-0.2, -0.15) is 0 Å². The maximum absolute atomic E-state index is 2.91. The lowest BCUT2D eigenvalue weighted by atomic mass is 9.30. The molecule has 6 heterocycles. The number of benzene rings is 11. The highest BCUT2D eigenvalue weighted by molar-refractivity contribution is 7.03. The van der Waals surface area contributed by atoms with Crippen LogP contribution in [0.2, 0.25) is 0 Å². The van der Waals surface area contributed by atoms with Gasteiger partial charge in [-0.25, -0.2) is 0 Å². The minimum atomic E-state index is -0.193. The molecule has 11 aromatic rings. The lowest BCUT2D eigenvalue weighted by Gasteiger charge is -2.58. The molecule has 7 heteroatoms. The van der Waals surface area contributed by atoms with Gasteiger partial charge in [0.1, 0.15) is 0 Å². The average molecular weight is 1110 g/mol. The summed E-state index contributed by atoms with van der Waals surface area (Å²) >= 11 is 0. The summed E-state index contributed by atoms with van der Waals surface area (Å²) in [5, 5.41) is 0. The van der Waals surface area contributed by atoms with Gasteiger partial charge in [0.05, 0.1) is 5.69 Å². The van der Waals surface area contributed by atoms with Crippen LogP contribution < -0.4 is 57.3 Å². The third-order valence-electron chi connectivity index (χ3n) is 20.6. The van der Waals surface area contributed by atoms with Gasteiger partial charge in [0.15, 0.2) is 0 Å². The smallest absolute Gasteiger partial charge is 0.252 e. The second-order valence-corrected chi connectivity index (χ2v) is 26.4. The zero-order valence-corrected chi connectivity index (χ0v) is 49.0. The first-order chi connectivity index (χ1) is 42.3. The number of nitrogens with zero attached hydrogens (tertiary/aromatic N) is 5. The van der Waals surface area contributed by atoms with Crippen LogP contribution in [0.4, 0.5) is 73.9 Å². The number of fused-ring (bicyclic) bond motifs is 8. The molecule has 4 bridgehead atoms. The average Bonchev–Trinajstić information content (AvgIpc) is 2.75. The third kappa shape index (κ3) is 7.46. The number of hydrogen-bond donors (Lipinski definition) is 0. The van der Waals surface area contributed by atoms with Crippen molar-refractivity contribution in [3.63, 3.8) is 0 Å². The first-order valence-electron chi connectivity index (χ1n) is 31.4. The van der Waals surface area contributed by atoms with Crippen LogP contribution in [0.25, 0.3) is 22.3 Å². The molecule has 0 radical (unpaired) electrons. The molecule has 0 aromatic heterocycles. The van der Waals surface area contributed by atoms with Crippen molar-refractivity contribution in [2.45, 2.75) is 70.4 Å². The van der Waals surface area contributed by atoms with Crippen molar-refractivity contribution in [1.82, 2.24) is 0 Å². The zero-order chi connectivity index (χ0) is 56.9. The van der Waals surface area contributed by atoms with Crippen molar-refractivity contribution in [2.75, 3.05) is 24.5 Å². The topological polar surface area (TPSA) is 16.2 Å². The molecule has 6 aliphatic heterocycles. The molecule has 0 amide bonds. The van der Waals surface area contributed by atoms with E-state index in [1.807, 2.05) is 0 Å². The summed E-state index contributed by atoms with van der Waals surface area (Å²) in [6.07, 6.45) is 6.63. The van der Waals surface area contributed by atoms with E-state index in [4.69, 9.17) is 0 Å². The largest absolute Gasteiger partial charge is 0.365 e. The molecule has 2 aliphatic carbocycles. The molecule has 2 saturated carbocycles. The molecule has 0 spiro atoms. The van der Waals surface area contributed by atoms with E-state index in [1.54, 1.807) is 0 Å². The number of rotatable bonds is 7. The van der Waals surface area contributed by atoms with Gasteiger partial charge in [-0.3, -0.25) is 0 Å². The molecule has 11 aromatic carbocycles. The highest BCUT2D eigenvalue weighted by atomic mass is 15.2. The predicted molar refractivity (Wildman–Crippen MR) is 364 cm³/mol. The van der Waals surface area contributed by atoms with E-state index < -0.39 is 0 Å². The van der Waals surface area contributed by atoms with E-state index in [-0.39, 0.29) is 18.8 Å². The Hall–Kier alpha value is -9.45. The van der Waals surface area contributed by atoms with Crippen LogP contribution in [0.3, 0.4) is 0 Å². The first-order valence-corrected chi connectivity index (χ1v) is 31.4. The Kier molecular flexibility index (Phi) is 11.0. The Balaban J connectivity index is 0.945. The molecule has 0 N–H and O–H groups in total. The van der Waals surface area contributed by atoms with Crippen molar-refractivity contribution in [3.05, 3.63) is 260 Å². The third-order valence-corrected chi connectivity index (χ3v) is 20.6. The molecule has 5 nitrogen and oxygen atoms in total. The highest BCUT2D eigenvalue weighted by Crippen LogP contribution is 2.55. The number of hydrogen-bond acceptors (Lipinski definition) is 5. The fourth-order valence-electron chi connectivity index (χ4n) is 17.2. The summed E-state index contributed by atoms with van der Waals surface area (Å²) in [5.74, 6) is 1.70. The predicted octanol–water partition coefficient (Wildman–Crippen LogP) is 16.3. The van der Waals surface area contributed by atoms with Crippen LogP contribution >= 0.6 is 0 Å². The maximum Gasteiger partial charge on any atom is 0.252 e.